The average molecular weight is 333 g/mol. The summed E-state index contributed by atoms with van der Waals surface area (Å²) in [4.78, 5) is 0. The summed E-state index contributed by atoms with van der Waals surface area (Å²) in [6, 6.07) is 13.7. The third kappa shape index (κ3) is 2.32. The van der Waals surface area contributed by atoms with Crippen molar-refractivity contribution in [3.8, 4) is 22.4 Å². The molecule has 0 aliphatic carbocycles. The highest BCUT2D eigenvalue weighted by Gasteiger charge is 2.17. The van der Waals surface area contributed by atoms with Gasteiger partial charge in [0.2, 0.25) is 5.88 Å². The summed E-state index contributed by atoms with van der Waals surface area (Å²) in [5.74, 6) is -0.0839. The van der Waals surface area contributed by atoms with Gasteiger partial charge in [-0.3, -0.25) is 0 Å². The first-order chi connectivity index (χ1) is 9.65. The molecule has 0 amide bonds. The Labute approximate surface area is 123 Å². The van der Waals surface area contributed by atoms with E-state index in [4.69, 9.17) is 10.3 Å². The predicted molar refractivity (Wildman–Crippen MR) is 79.4 cm³/mol. The monoisotopic (exact) mass is 332 g/mol. The number of rotatable bonds is 2. The van der Waals surface area contributed by atoms with Crippen LogP contribution >= 0.6 is 15.9 Å². The smallest absolute Gasteiger partial charge is 0.230 e. The van der Waals surface area contributed by atoms with Gasteiger partial charge in [0, 0.05) is 10.0 Å². The van der Waals surface area contributed by atoms with E-state index in [9.17, 15) is 4.39 Å². The van der Waals surface area contributed by atoms with Crippen LogP contribution < -0.4 is 5.73 Å². The lowest BCUT2D eigenvalue weighted by Crippen LogP contribution is -1.88. The van der Waals surface area contributed by atoms with Gasteiger partial charge in [0.15, 0.2) is 0 Å². The van der Waals surface area contributed by atoms with E-state index in [-0.39, 0.29) is 11.7 Å². The molecular formula is C15H10BrFN2O. The SMILES string of the molecule is Nc1onc(-c2cccc(Br)c2)c1-c1ccc(F)cc1. The number of nitrogens with zero attached hydrogens (tertiary/aromatic N) is 1. The van der Waals surface area contributed by atoms with Crippen LogP contribution in [0.4, 0.5) is 10.3 Å². The van der Waals surface area contributed by atoms with E-state index >= 15 is 0 Å². The number of hydrogen-bond acceptors (Lipinski definition) is 3. The zero-order valence-corrected chi connectivity index (χ0v) is 11.9. The van der Waals surface area contributed by atoms with Crippen LogP contribution in [0.5, 0.6) is 0 Å². The maximum atomic E-state index is 13.0. The van der Waals surface area contributed by atoms with E-state index in [0.717, 1.165) is 15.6 Å². The van der Waals surface area contributed by atoms with E-state index in [2.05, 4.69) is 21.1 Å². The van der Waals surface area contributed by atoms with Crippen molar-refractivity contribution >= 4 is 21.8 Å². The van der Waals surface area contributed by atoms with Crippen LogP contribution in [0.3, 0.4) is 0 Å². The van der Waals surface area contributed by atoms with Crippen molar-refractivity contribution in [2.75, 3.05) is 5.73 Å². The number of aromatic nitrogens is 1. The minimum absolute atomic E-state index is 0.214. The van der Waals surface area contributed by atoms with Crippen LogP contribution in [-0.4, -0.2) is 5.16 Å². The maximum Gasteiger partial charge on any atom is 0.230 e. The van der Waals surface area contributed by atoms with E-state index in [1.165, 1.54) is 12.1 Å². The summed E-state index contributed by atoms with van der Waals surface area (Å²) in [5, 5.41) is 4.01. The molecule has 0 bridgehead atoms. The van der Waals surface area contributed by atoms with Crippen molar-refractivity contribution in [1.82, 2.24) is 5.16 Å². The number of nitrogens with two attached hydrogens (primary N) is 1. The first kappa shape index (κ1) is 12.9. The molecule has 0 atom stereocenters. The third-order valence-electron chi connectivity index (χ3n) is 2.95. The van der Waals surface area contributed by atoms with Crippen LogP contribution in [0.2, 0.25) is 0 Å². The molecule has 0 fully saturated rings. The third-order valence-corrected chi connectivity index (χ3v) is 3.44. The van der Waals surface area contributed by atoms with Crippen LogP contribution in [0.1, 0.15) is 0 Å². The Kier molecular flexibility index (Phi) is 3.28. The average Bonchev–Trinajstić information content (AvgIpc) is 2.82. The molecule has 0 radical (unpaired) electrons. The molecule has 100 valence electrons. The maximum absolute atomic E-state index is 13.0. The Morgan fingerprint density at radius 2 is 1.80 bits per heavy atom. The molecule has 0 saturated heterocycles. The van der Waals surface area contributed by atoms with Gasteiger partial charge in [0.25, 0.3) is 0 Å². The van der Waals surface area contributed by atoms with Gasteiger partial charge >= 0.3 is 0 Å². The van der Waals surface area contributed by atoms with Crippen LogP contribution in [0.15, 0.2) is 57.5 Å². The first-order valence-electron chi connectivity index (χ1n) is 5.92. The fourth-order valence-corrected chi connectivity index (χ4v) is 2.43. The van der Waals surface area contributed by atoms with Crippen molar-refractivity contribution in [3.63, 3.8) is 0 Å². The highest BCUT2D eigenvalue weighted by molar-refractivity contribution is 9.10. The number of nitrogen functional groups attached to an aromatic ring is 1. The van der Waals surface area contributed by atoms with Crippen molar-refractivity contribution < 1.29 is 8.91 Å². The summed E-state index contributed by atoms with van der Waals surface area (Å²) in [6.07, 6.45) is 0. The number of benzene rings is 2. The second kappa shape index (κ2) is 5.09. The fraction of sp³-hybridized carbons (Fsp3) is 0. The van der Waals surface area contributed by atoms with E-state index in [1.807, 2.05) is 24.3 Å². The van der Waals surface area contributed by atoms with Crippen LogP contribution in [-0.2, 0) is 0 Å². The quantitative estimate of drug-likeness (QED) is 0.752. The van der Waals surface area contributed by atoms with Gasteiger partial charge in [0.05, 0.1) is 5.56 Å². The molecule has 3 aromatic rings. The Bertz CT molecular complexity index is 753. The summed E-state index contributed by atoms with van der Waals surface area (Å²) in [5.41, 5.74) is 8.79. The van der Waals surface area contributed by atoms with Gasteiger partial charge in [0.1, 0.15) is 11.5 Å². The number of hydrogen-bond donors (Lipinski definition) is 1. The normalized spacial score (nSPS) is 10.7. The van der Waals surface area contributed by atoms with Crippen molar-refractivity contribution in [2.24, 2.45) is 0 Å². The van der Waals surface area contributed by atoms with Gasteiger partial charge in [-0.25, -0.2) is 4.39 Å². The zero-order valence-electron chi connectivity index (χ0n) is 10.3. The van der Waals surface area contributed by atoms with Gasteiger partial charge in [-0.05, 0) is 29.8 Å². The van der Waals surface area contributed by atoms with Crippen molar-refractivity contribution in [3.05, 3.63) is 58.8 Å². The minimum Gasteiger partial charge on any atom is -0.367 e. The molecule has 2 N–H and O–H groups in total. The zero-order chi connectivity index (χ0) is 14.1. The molecule has 0 aliphatic rings. The van der Waals surface area contributed by atoms with Gasteiger partial charge in [-0.2, -0.15) is 0 Å². The largest absolute Gasteiger partial charge is 0.367 e. The van der Waals surface area contributed by atoms with Crippen molar-refractivity contribution in [1.29, 1.82) is 0 Å². The molecule has 3 nitrogen and oxygen atoms in total. The molecule has 2 aromatic carbocycles. The molecule has 5 heteroatoms. The Morgan fingerprint density at radius 1 is 1.05 bits per heavy atom. The Hall–Kier alpha value is -2.14. The molecule has 20 heavy (non-hydrogen) atoms. The molecular weight excluding hydrogens is 323 g/mol. The van der Waals surface area contributed by atoms with Crippen LogP contribution in [0, 0.1) is 5.82 Å². The topological polar surface area (TPSA) is 52.0 Å². The van der Waals surface area contributed by atoms with Crippen molar-refractivity contribution in [2.45, 2.75) is 0 Å². The van der Waals surface area contributed by atoms with E-state index < -0.39 is 0 Å². The lowest BCUT2D eigenvalue weighted by atomic mass is 10.0. The lowest BCUT2D eigenvalue weighted by molar-refractivity contribution is 0.439. The summed E-state index contributed by atoms with van der Waals surface area (Å²) in [6.45, 7) is 0. The fourth-order valence-electron chi connectivity index (χ4n) is 2.03. The highest BCUT2D eigenvalue weighted by Crippen LogP contribution is 2.36. The number of anilines is 1. The molecule has 0 spiro atoms. The van der Waals surface area contributed by atoms with Gasteiger partial charge in [-0.1, -0.05) is 45.4 Å². The minimum atomic E-state index is -0.298. The molecule has 0 saturated carbocycles. The molecule has 3 rings (SSSR count). The summed E-state index contributed by atoms with van der Waals surface area (Å²) in [7, 11) is 0. The standard InChI is InChI=1S/C15H10BrFN2O/c16-11-3-1-2-10(8-11)14-13(15(18)20-19-14)9-4-6-12(17)7-5-9/h1-8H,18H2. The Morgan fingerprint density at radius 3 is 2.50 bits per heavy atom. The highest BCUT2D eigenvalue weighted by atomic mass is 79.9. The lowest BCUT2D eigenvalue weighted by Gasteiger charge is -2.03. The van der Waals surface area contributed by atoms with Gasteiger partial charge < -0.3 is 10.3 Å². The molecule has 1 aromatic heterocycles. The second-order valence-corrected chi connectivity index (χ2v) is 5.20. The molecule has 0 unspecified atom stereocenters. The van der Waals surface area contributed by atoms with E-state index in [1.54, 1.807) is 12.1 Å². The predicted octanol–water partition coefficient (Wildman–Crippen LogP) is 4.49. The summed E-state index contributed by atoms with van der Waals surface area (Å²) >= 11 is 3.42. The summed E-state index contributed by atoms with van der Waals surface area (Å²) < 4.78 is 19.1. The molecule has 0 aliphatic heterocycles. The Balaban J connectivity index is 2.17. The first-order valence-corrected chi connectivity index (χ1v) is 6.71. The van der Waals surface area contributed by atoms with Gasteiger partial charge in [-0.15, -0.1) is 0 Å². The second-order valence-electron chi connectivity index (χ2n) is 4.29. The molecule has 1 heterocycles. The van der Waals surface area contributed by atoms with Crippen LogP contribution in [0.25, 0.3) is 22.4 Å². The number of halogens is 2. The van der Waals surface area contributed by atoms with E-state index in [0.29, 0.717) is 11.3 Å².